The van der Waals surface area contributed by atoms with E-state index in [4.69, 9.17) is 5.84 Å². The average molecular weight is 268 g/mol. The third kappa shape index (κ3) is 2.60. The number of nitrogen functional groups attached to an aromatic ring is 1. The molecule has 0 radical (unpaired) electrons. The summed E-state index contributed by atoms with van der Waals surface area (Å²) in [5.41, 5.74) is 2.64. The fourth-order valence-corrected chi connectivity index (χ4v) is 1.53. The molecule has 0 spiro atoms. The van der Waals surface area contributed by atoms with E-state index in [1.165, 1.54) is 19.1 Å². The molecular formula is C12H11F3N4. The number of nitrogens with zero attached hydrogens (tertiary/aromatic N) is 1. The van der Waals surface area contributed by atoms with Gasteiger partial charge in [0.1, 0.15) is 5.82 Å². The van der Waals surface area contributed by atoms with Crippen molar-refractivity contribution < 1.29 is 13.2 Å². The van der Waals surface area contributed by atoms with Crippen molar-refractivity contribution in [3.63, 3.8) is 0 Å². The first kappa shape index (κ1) is 13.2. The number of pyridine rings is 1. The highest BCUT2D eigenvalue weighted by Gasteiger charge is 2.12. The molecule has 0 saturated carbocycles. The van der Waals surface area contributed by atoms with Crippen LogP contribution >= 0.6 is 0 Å². The van der Waals surface area contributed by atoms with Crippen molar-refractivity contribution in [1.29, 1.82) is 0 Å². The Bertz CT molecular complexity index is 616. The number of nitrogens with one attached hydrogen (secondary N) is 2. The zero-order valence-corrected chi connectivity index (χ0v) is 9.97. The van der Waals surface area contributed by atoms with Crippen molar-refractivity contribution in [3.05, 3.63) is 47.3 Å². The van der Waals surface area contributed by atoms with Gasteiger partial charge in [-0.15, -0.1) is 0 Å². The van der Waals surface area contributed by atoms with Crippen LogP contribution in [0.25, 0.3) is 0 Å². The smallest absolute Gasteiger partial charge is 0.178 e. The van der Waals surface area contributed by atoms with E-state index in [-0.39, 0.29) is 11.6 Å². The molecular weight excluding hydrogens is 257 g/mol. The molecule has 4 N–H and O–H groups in total. The van der Waals surface area contributed by atoms with Crippen LogP contribution in [0.4, 0.5) is 30.5 Å². The van der Waals surface area contributed by atoms with Gasteiger partial charge in [-0.25, -0.2) is 24.0 Å². The van der Waals surface area contributed by atoms with Gasteiger partial charge < -0.3 is 10.7 Å². The van der Waals surface area contributed by atoms with Gasteiger partial charge in [-0.1, -0.05) is 6.07 Å². The predicted molar refractivity (Wildman–Crippen MR) is 66.4 cm³/mol. The van der Waals surface area contributed by atoms with E-state index in [1.807, 2.05) is 5.43 Å². The maximum atomic E-state index is 13.6. The van der Waals surface area contributed by atoms with Crippen LogP contribution in [0, 0.1) is 24.4 Å². The lowest BCUT2D eigenvalue weighted by Crippen LogP contribution is -2.12. The van der Waals surface area contributed by atoms with E-state index < -0.39 is 17.5 Å². The zero-order valence-electron chi connectivity index (χ0n) is 9.97. The molecule has 0 saturated heterocycles. The van der Waals surface area contributed by atoms with E-state index in [0.29, 0.717) is 17.3 Å². The van der Waals surface area contributed by atoms with Crippen molar-refractivity contribution in [2.75, 3.05) is 10.7 Å². The van der Waals surface area contributed by atoms with Crippen LogP contribution < -0.4 is 16.6 Å². The highest BCUT2D eigenvalue weighted by molar-refractivity contribution is 5.62. The summed E-state index contributed by atoms with van der Waals surface area (Å²) in [6, 6.07) is 4.94. The Hall–Kier alpha value is -2.28. The Kier molecular flexibility index (Phi) is 3.57. The van der Waals surface area contributed by atoms with Gasteiger partial charge in [-0.3, -0.25) is 0 Å². The number of rotatable bonds is 3. The Morgan fingerprint density at radius 3 is 2.42 bits per heavy atom. The molecule has 1 aromatic carbocycles. The van der Waals surface area contributed by atoms with Crippen LogP contribution in [-0.4, -0.2) is 4.98 Å². The summed E-state index contributed by atoms with van der Waals surface area (Å²) in [4.78, 5) is 3.64. The SMILES string of the molecule is Cc1c(F)cccc1Nc1nc(NN)c(F)cc1F. The Morgan fingerprint density at radius 1 is 1.05 bits per heavy atom. The van der Waals surface area contributed by atoms with Crippen molar-refractivity contribution >= 4 is 17.3 Å². The second-order valence-corrected chi connectivity index (χ2v) is 3.83. The quantitative estimate of drug-likeness (QED) is 0.591. The third-order valence-electron chi connectivity index (χ3n) is 2.59. The number of nitrogens with two attached hydrogens (primary N) is 1. The number of hydrogen-bond donors (Lipinski definition) is 3. The molecule has 2 rings (SSSR count). The fourth-order valence-electron chi connectivity index (χ4n) is 1.53. The van der Waals surface area contributed by atoms with Gasteiger partial charge in [0.05, 0.1) is 0 Å². The topological polar surface area (TPSA) is 63.0 Å². The lowest BCUT2D eigenvalue weighted by Gasteiger charge is -2.11. The van der Waals surface area contributed by atoms with Gasteiger partial charge >= 0.3 is 0 Å². The maximum absolute atomic E-state index is 13.6. The van der Waals surface area contributed by atoms with Crippen LogP contribution in [0.3, 0.4) is 0 Å². The maximum Gasteiger partial charge on any atom is 0.178 e. The summed E-state index contributed by atoms with van der Waals surface area (Å²) in [6.45, 7) is 1.53. The summed E-state index contributed by atoms with van der Waals surface area (Å²) in [7, 11) is 0. The summed E-state index contributed by atoms with van der Waals surface area (Å²) in [6.07, 6.45) is 0. The van der Waals surface area contributed by atoms with Crippen molar-refractivity contribution in [1.82, 2.24) is 4.98 Å². The molecule has 2 aromatic rings. The second-order valence-electron chi connectivity index (χ2n) is 3.83. The van der Waals surface area contributed by atoms with Gasteiger partial charge in [-0.2, -0.15) is 0 Å². The van der Waals surface area contributed by atoms with E-state index in [2.05, 4.69) is 10.3 Å². The molecule has 0 aliphatic rings. The molecule has 100 valence electrons. The monoisotopic (exact) mass is 268 g/mol. The largest absolute Gasteiger partial charge is 0.337 e. The van der Waals surface area contributed by atoms with Gasteiger partial charge in [0, 0.05) is 17.3 Å². The first-order valence-corrected chi connectivity index (χ1v) is 5.37. The predicted octanol–water partition coefficient (Wildman–Crippen LogP) is 2.84. The number of hydrazine groups is 1. The molecule has 1 aromatic heterocycles. The first-order chi connectivity index (χ1) is 9.02. The summed E-state index contributed by atoms with van der Waals surface area (Å²) in [5, 5.41) is 2.59. The number of anilines is 3. The molecule has 0 aliphatic heterocycles. The Labute approximate surface area is 107 Å². The standard InChI is InChI=1S/C12H11F3N4/c1-6-7(13)3-2-4-10(6)17-11-8(14)5-9(15)12(18-11)19-16/h2-5H,16H2,1H3,(H2,17,18,19). The normalized spacial score (nSPS) is 10.4. The summed E-state index contributed by atoms with van der Waals surface area (Å²) in [5.74, 6) is 2.24. The van der Waals surface area contributed by atoms with Crippen LogP contribution in [0.1, 0.15) is 5.56 Å². The van der Waals surface area contributed by atoms with Gasteiger partial charge in [0.25, 0.3) is 0 Å². The molecule has 0 fully saturated rings. The van der Waals surface area contributed by atoms with Crippen molar-refractivity contribution in [3.8, 4) is 0 Å². The lowest BCUT2D eigenvalue weighted by atomic mass is 10.2. The molecule has 0 unspecified atom stereocenters. The van der Waals surface area contributed by atoms with Crippen molar-refractivity contribution in [2.24, 2.45) is 5.84 Å². The van der Waals surface area contributed by atoms with Crippen LogP contribution in [-0.2, 0) is 0 Å². The van der Waals surface area contributed by atoms with Crippen LogP contribution in [0.2, 0.25) is 0 Å². The number of hydrogen-bond acceptors (Lipinski definition) is 4. The molecule has 0 bridgehead atoms. The highest BCUT2D eigenvalue weighted by atomic mass is 19.1. The van der Waals surface area contributed by atoms with Crippen molar-refractivity contribution in [2.45, 2.75) is 6.92 Å². The third-order valence-corrected chi connectivity index (χ3v) is 2.59. The fraction of sp³-hybridized carbons (Fsp3) is 0.0833. The number of benzene rings is 1. The highest BCUT2D eigenvalue weighted by Crippen LogP contribution is 2.25. The van der Waals surface area contributed by atoms with E-state index in [9.17, 15) is 13.2 Å². The Morgan fingerprint density at radius 2 is 1.74 bits per heavy atom. The molecule has 7 heteroatoms. The second kappa shape index (κ2) is 5.15. The number of halogens is 3. The van der Waals surface area contributed by atoms with E-state index >= 15 is 0 Å². The van der Waals surface area contributed by atoms with Gasteiger partial charge in [-0.05, 0) is 19.1 Å². The molecule has 0 amide bonds. The zero-order chi connectivity index (χ0) is 14.0. The molecule has 0 atom stereocenters. The minimum absolute atomic E-state index is 0.247. The van der Waals surface area contributed by atoms with Gasteiger partial charge in [0.2, 0.25) is 0 Å². The number of aromatic nitrogens is 1. The average Bonchev–Trinajstić information content (AvgIpc) is 2.38. The summed E-state index contributed by atoms with van der Waals surface area (Å²) < 4.78 is 40.1. The molecule has 1 heterocycles. The molecule has 0 aliphatic carbocycles. The minimum atomic E-state index is -0.915. The van der Waals surface area contributed by atoms with E-state index in [1.54, 1.807) is 6.07 Å². The molecule has 19 heavy (non-hydrogen) atoms. The lowest BCUT2D eigenvalue weighted by molar-refractivity contribution is 0.579. The molecule has 4 nitrogen and oxygen atoms in total. The van der Waals surface area contributed by atoms with Crippen LogP contribution in [0.5, 0.6) is 0 Å². The first-order valence-electron chi connectivity index (χ1n) is 5.37. The minimum Gasteiger partial charge on any atom is -0.337 e. The summed E-state index contributed by atoms with van der Waals surface area (Å²) >= 11 is 0. The van der Waals surface area contributed by atoms with Gasteiger partial charge in [0.15, 0.2) is 23.3 Å². The van der Waals surface area contributed by atoms with Crippen LogP contribution in [0.15, 0.2) is 24.3 Å². The Balaban J connectivity index is 2.41. The van der Waals surface area contributed by atoms with E-state index in [0.717, 1.165) is 0 Å².